The highest BCUT2D eigenvalue weighted by atomic mass is 28.4. The Morgan fingerprint density at radius 2 is 0.958 bits per heavy atom. The number of hydrogen-bond acceptors (Lipinski definition) is 1. The van der Waals surface area contributed by atoms with Gasteiger partial charge in [-0.2, -0.15) is 8.78 Å². The second kappa shape index (κ2) is 7.23. The molecule has 0 aromatic heterocycles. The van der Waals surface area contributed by atoms with E-state index in [0.29, 0.717) is 6.26 Å². The van der Waals surface area contributed by atoms with Gasteiger partial charge in [-0.3, -0.25) is 0 Å². The van der Waals surface area contributed by atoms with E-state index in [1.165, 1.54) is 0 Å². The Hall–Kier alpha value is -2.72. The highest BCUT2D eigenvalue weighted by Crippen LogP contribution is 2.12. The number of halogens is 2. The van der Waals surface area contributed by atoms with Gasteiger partial charge in [0.15, 0.2) is 0 Å². The molecule has 0 aliphatic rings. The van der Waals surface area contributed by atoms with Gasteiger partial charge in [0.2, 0.25) is 0 Å². The molecule has 0 fully saturated rings. The van der Waals surface area contributed by atoms with Crippen LogP contribution >= 0.6 is 0 Å². The molecule has 4 heteroatoms. The molecule has 0 spiro atoms. The maximum atomic E-state index is 12.9. The van der Waals surface area contributed by atoms with E-state index in [1.807, 2.05) is 91.0 Å². The third-order valence-corrected chi connectivity index (χ3v) is 7.78. The first-order valence-electron chi connectivity index (χ1n) is 7.59. The zero-order valence-corrected chi connectivity index (χ0v) is 13.9. The Morgan fingerprint density at radius 3 is 1.25 bits per heavy atom. The monoisotopic (exact) mass is 338 g/mol. The Balaban J connectivity index is 2.30. The molecule has 0 radical (unpaired) electrons. The first-order chi connectivity index (χ1) is 11.7. The fourth-order valence-electron chi connectivity index (χ4n) is 2.86. The van der Waals surface area contributed by atoms with Crippen LogP contribution in [0.25, 0.3) is 0 Å². The smallest absolute Gasteiger partial charge is 0.346 e. The average Bonchev–Trinajstić information content (AvgIpc) is 2.65. The third-order valence-electron chi connectivity index (χ3n) is 3.87. The second-order valence-corrected chi connectivity index (χ2v) is 8.63. The van der Waals surface area contributed by atoms with Gasteiger partial charge in [0.1, 0.15) is 6.26 Å². The summed E-state index contributed by atoms with van der Waals surface area (Å²) in [5.74, 6) is 0. The lowest BCUT2D eigenvalue weighted by molar-refractivity contribution is 0.368. The van der Waals surface area contributed by atoms with Crippen LogP contribution in [0.3, 0.4) is 0 Å². The van der Waals surface area contributed by atoms with E-state index >= 15 is 0 Å². The van der Waals surface area contributed by atoms with E-state index in [-0.39, 0.29) is 0 Å². The number of rotatable bonds is 5. The van der Waals surface area contributed by atoms with Gasteiger partial charge in [0.05, 0.1) is 0 Å². The van der Waals surface area contributed by atoms with Crippen LogP contribution in [0.5, 0.6) is 0 Å². The average molecular weight is 338 g/mol. The summed E-state index contributed by atoms with van der Waals surface area (Å²) >= 11 is 0. The number of benzene rings is 3. The summed E-state index contributed by atoms with van der Waals surface area (Å²) in [7, 11) is -3.04. The van der Waals surface area contributed by atoms with Gasteiger partial charge >= 0.3 is 14.4 Å². The largest absolute Gasteiger partial charge is 0.532 e. The molecule has 0 heterocycles. The lowest BCUT2D eigenvalue weighted by atomic mass is 10.3. The summed E-state index contributed by atoms with van der Waals surface area (Å²) < 4.78 is 31.6. The normalized spacial score (nSPS) is 10.9. The van der Waals surface area contributed by atoms with Crippen LogP contribution in [0.4, 0.5) is 8.78 Å². The first kappa shape index (κ1) is 16.1. The summed E-state index contributed by atoms with van der Waals surface area (Å²) in [5.41, 5.74) is 0. The van der Waals surface area contributed by atoms with Crippen molar-refractivity contribution >= 4 is 23.9 Å². The molecular weight excluding hydrogens is 322 g/mol. The van der Waals surface area contributed by atoms with Gasteiger partial charge in [0, 0.05) is 0 Å². The minimum atomic E-state index is -3.04. The minimum Gasteiger partial charge on any atom is -0.532 e. The van der Waals surface area contributed by atoms with E-state index in [0.717, 1.165) is 15.6 Å². The summed E-state index contributed by atoms with van der Waals surface area (Å²) in [6.45, 7) is 0. The lowest BCUT2D eigenvalue weighted by Crippen LogP contribution is -2.68. The summed E-state index contributed by atoms with van der Waals surface area (Å²) in [6.07, 6.45) is -1.26. The molecule has 0 N–H and O–H groups in total. The Bertz CT molecular complexity index is 704. The second-order valence-electron chi connectivity index (χ2n) is 5.30. The van der Waals surface area contributed by atoms with Crippen molar-refractivity contribution in [2.45, 2.75) is 0 Å². The van der Waals surface area contributed by atoms with Crippen molar-refractivity contribution in [1.82, 2.24) is 0 Å². The van der Waals surface area contributed by atoms with Crippen molar-refractivity contribution in [3.63, 3.8) is 0 Å². The molecular formula is C20H16F2OSi. The van der Waals surface area contributed by atoms with E-state index in [2.05, 4.69) is 0 Å². The Labute approximate surface area is 141 Å². The third kappa shape index (κ3) is 3.14. The fraction of sp³-hybridized carbons (Fsp3) is 0. The van der Waals surface area contributed by atoms with Gasteiger partial charge in [-0.15, -0.1) is 0 Å². The molecule has 0 atom stereocenters. The van der Waals surface area contributed by atoms with E-state index in [4.69, 9.17) is 4.43 Å². The van der Waals surface area contributed by atoms with E-state index in [9.17, 15) is 8.78 Å². The van der Waals surface area contributed by atoms with Crippen molar-refractivity contribution in [2.24, 2.45) is 0 Å². The molecule has 3 aromatic rings. The van der Waals surface area contributed by atoms with E-state index < -0.39 is 14.4 Å². The Morgan fingerprint density at radius 1 is 0.625 bits per heavy atom. The zero-order chi connectivity index (χ0) is 16.8. The molecule has 0 aliphatic heterocycles. The van der Waals surface area contributed by atoms with Gasteiger partial charge < -0.3 is 4.43 Å². The molecule has 3 rings (SSSR count). The van der Waals surface area contributed by atoms with Crippen molar-refractivity contribution in [3.05, 3.63) is 103 Å². The van der Waals surface area contributed by atoms with E-state index in [1.54, 1.807) is 0 Å². The molecule has 0 aliphatic carbocycles. The van der Waals surface area contributed by atoms with Crippen molar-refractivity contribution < 1.29 is 13.2 Å². The van der Waals surface area contributed by atoms with Crippen LogP contribution in [0.1, 0.15) is 0 Å². The highest BCUT2D eigenvalue weighted by Gasteiger charge is 2.43. The predicted molar refractivity (Wildman–Crippen MR) is 95.4 cm³/mol. The summed E-state index contributed by atoms with van der Waals surface area (Å²) in [5, 5.41) is 2.75. The minimum absolute atomic E-state index is 0.583. The van der Waals surface area contributed by atoms with Crippen LogP contribution in [-0.4, -0.2) is 8.32 Å². The molecule has 3 aromatic carbocycles. The maximum Gasteiger partial charge on any atom is 0.346 e. The Kier molecular flexibility index (Phi) is 4.87. The van der Waals surface area contributed by atoms with Crippen LogP contribution in [-0.2, 0) is 4.43 Å². The first-order valence-corrected chi connectivity index (χ1v) is 9.50. The van der Waals surface area contributed by atoms with Gasteiger partial charge in [-0.25, -0.2) is 0 Å². The molecule has 0 saturated heterocycles. The van der Waals surface area contributed by atoms with Crippen LogP contribution in [0.15, 0.2) is 103 Å². The fourth-order valence-corrected chi connectivity index (χ4v) is 6.52. The molecule has 0 saturated carbocycles. The maximum absolute atomic E-state index is 12.9. The standard InChI is InChI=1S/C20H16F2OSi/c21-20(22)16-23-24(17-10-4-1-5-11-17,18-12-6-2-7-13-18)19-14-8-3-9-15-19/h1-16H. The SMILES string of the molecule is FC(F)=CO[Si](c1ccccc1)(c1ccccc1)c1ccccc1. The molecule has 0 bridgehead atoms. The molecule has 1 nitrogen and oxygen atoms in total. The quantitative estimate of drug-likeness (QED) is 0.394. The molecule has 0 unspecified atom stereocenters. The lowest BCUT2D eigenvalue weighted by Gasteiger charge is -2.31. The topological polar surface area (TPSA) is 9.23 Å². The van der Waals surface area contributed by atoms with Gasteiger partial charge in [-0.1, -0.05) is 91.0 Å². The van der Waals surface area contributed by atoms with Crippen LogP contribution < -0.4 is 15.6 Å². The van der Waals surface area contributed by atoms with Crippen molar-refractivity contribution in [3.8, 4) is 0 Å². The van der Waals surface area contributed by atoms with Crippen molar-refractivity contribution in [1.29, 1.82) is 0 Å². The predicted octanol–water partition coefficient (Wildman–Crippen LogP) is 3.41. The van der Waals surface area contributed by atoms with Crippen molar-refractivity contribution in [2.75, 3.05) is 0 Å². The summed E-state index contributed by atoms with van der Waals surface area (Å²) in [6, 6.07) is 28.8. The molecule has 120 valence electrons. The van der Waals surface area contributed by atoms with Gasteiger partial charge in [0.25, 0.3) is 0 Å². The number of hydrogen-bond donors (Lipinski definition) is 0. The summed E-state index contributed by atoms with van der Waals surface area (Å²) in [4.78, 5) is 0. The highest BCUT2D eigenvalue weighted by molar-refractivity contribution is 7.07. The zero-order valence-electron chi connectivity index (χ0n) is 12.9. The molecule has 0 amide bonds. The van der Waals surface area contributed by atoms with Crippen LogP contribution in [0.2, 0.25) is 0 Å². The molecule has 24 heavy (non-hydrogen) atoms. The van der Waals surface area contributed by atoms with Gasteiger partial charge in [-0.05, 0) is 15.6 Å². The van der Waals surface area contributed by atoms with Crippen LogP contribution in [0, 0.1) is 0 Å².